The summed E-state index contributed by atoms with van der Waals surface area (Å²) in [6.07, 6.45) is 0. The fourth-order valence-corrected chi connectivity index (χ4v) is 1.99. The maximum Gasteiger partial charge on any atom is 0.337 e. The van der Waals surface area contributed by atoms with Gasteiger partial charge in [0.05, 0.1) is 29.1 Å². The van der Waals surface area contributed by atoms with E-state index in [-0.39, 0.29) is 17.2 Å². The smallest absolute Gasteiger partial charge is 0.337 e. The first-order chi connectivity index (χ1) is 10.9. The molecular weight excluding hydrogens is 318 g/mol. The Morgan fingerprint density at radius 3 is 2.48 bits per heavy atom. The molecule has 2 aromatic rings. The number of nitrogens with zero attached hydrogens (tertiary/aromatic N) is 2. The van der Waals surface area contributed by atoms with E-state index in [2.05, 4.69) is 20.3 Å². The molecule has 1 amide bonds. The van der Waals surface area contributed by atoms with Crippen LogP contribution in [0.4, 0.5) is 5.69 Å². The third-order valence-electron chi connectivity index (χ3n) is 3.14. The van der Waals surface area contributed by atoms with E-state index in [9.17, 15) is 9.59 Å². The number of carbonyl (C=O) groups is 2. The summed E-state index contributed by atoms with van der Waals surface area (Å²) >= 11 is 6.04. The molecule has 1 heterocycles. The predicted molar refractivity (Wildman–Crippen MR) is 86.9 cm³/mol. The fraction of sp³-hybridized carbons (Fsp3) is 0.250. The summed E-state index contributed by atoms with van der Waals surface area (Å²) < 4.78 is 4.64. The summed E-state index contributed by atoms with van der Waals surface area (Å²) in [4.78, 5) is 23.7. The molecule has 23 heavy (non-hydrogen) atoms. The number of ether oxygens (including phenoxy) is 1. The van der Waals surface area contributed by atoms with Crippen molar-refractivity contribution in [2.75, 3.05) is 12.4 Å². The number of anilines is 1. The van der Waals surface area contributed by atoms with Crippen LogP contribution in [0.2, 0.25) is 5.02 Å². The van der Waals surface area contributed by atoms with Crippen molar-refractivity contribution in [3.8, 4) is 0 Å². The van der Waals surface area contributed by atoms with Gasteiger partial charge in [0.15, 0.2) is 5.69 Å². The number of hydrogen-bond donors (Lipinski definition) is 1. The zero-order chi connectivity index (χ0) is 17.0. The molecule has 0 saturated carbocycles. The molecule has 7 heteroatoms. The van der Waals surface area contributed by atoms with Crippen LogP contribution in [0.5, 0.6) is 0 Å². The van der Waals surface area contributed by atoms with Crippen LogP contribution in [-0.4, -0.2) is 29.2 Å². The zero-order valence-corrected chi connectivity index (χ0v) is 13.7. The number of hydrogen-bond acceptors (Lipinski definition) is 5. The van der Waals surface area contributed by atoms with Gasteiger partial charge in [0, 0.05) is 0 Å². The molecule has 1 aromatic heterocycles. The van der Waals surface area contributed by atoms with E-state index in [0.29, 0.717) is 10.7 Å². The van der Waals surface area contributed by atoms with Crippen LogP contribution in [0.1, 0.15) is 46.3 Å². The van der Waals surface area contributed by atoms with Gasteiger partial charge >= 0.3 is 5.97 Å². The molecule has 0 saturated heterocycles. The lowest BCUT2D eigenvalue weighted by Gasteiger charge is -2.09. The maximum absolute atomic E-state index is 12.2. The molecule has 2 rings (SSSR count). The van der Waals surface area contributed by atoms with Gasteiger partial charge in [0.1, 0.15) is 0 Å². The van der Waals surface area contributed by atoms with Crippen LogP contribution in [0.15, 0.2) is 30.3 Å². The third-order valence-corrected chi connectivity index (χ3v) is 3.47. The number of benzene rings is 1. The number of carbonyl (C=O) groups excluding carboxylic acids is 2. The van der Waals surface area contributed by atoms with Gasteiger partial charge in [-0.2, -0.15) is 5.10 Å². The number of aromatic nitrogens is 2. The second-order valence-corrected chi connectivity index (χ2v) is 5.55. The molecule has 0 aliphatic carbocycles. The third kappa shape index (κ3) is 4.04. The lowest BCUT2D eigenvalue weighted by Crippen LogP contribution is -2.15. The van der Waals surface area contributed by atoms with Gasteiger partial charge in [-0.05, 0) is 36.2 Å². The van der Waals surface area contributed by atoms with E-state index in [1.165, 1.54) is 25.3 Å². The van der Waals surface area contributed by atoms with Crippen molar-refractivity contribution in [1.29, 1.82) is 0 Å². The molecule has 1 N–H and O–H groups in total. The van der Waals surface area contributed by atoms with Gasteiger partial charge in [-0.25, -0.2) is 4.79 Å². The van der Waals surface area contributed by atoms with Crippen molar-refractivity contribution in [3.63, 3.8) is 0 Å². The minimum Gasteiger partial charge on any atom is -0.465 e. The Balaban J connectivity index is 2.21. The van der Waals surface area contributed by atoms with Crippen molar-refractivity contribution in [3.05, 3.63) is 52.3 Å². The molecule has 0 atom stereocenters. The Bertz CT molecular complexity index is 730. The lowest BCUT2D eigenvalue weighted by atomic mass is 10.1. The molecule has 120 valence electrons. The minimum absolute atomic E-state index is 0.161. The van der Waals surface area contributed by atoms with Crippen LogP contribution < -0.4 is 5.32 Å². The summed E-state index contributed by atoms with van der Waals surface area (Å²) in [7, 11) is 1.28. The number of nitrogens with one attached hydrogen (secondary N) is 1. The van der Waals surface area contributed by atoms with Crippen LogP contribution in [-0.2, 0) is 4.74 Å². The molecule has 0 fully saturated rings. The largest absolute Gasteiger partial charge is 0.465 e. The lowest BCUT2D eigenvalue weighted by molar-refractivity contribution is 0.0600. The first kappa shape index (κ1) is 16.9. The van der Waals surface area contributed by atoms with Crippen molar-refractivity contribution in [1.82, 2.24) is 10.2 Å². The number of esters is 1. The van der Waals surface area contributed by atoms with Crippen LogP contribution >= 0.6 is 11.6 Å². The first-order valence-corrected chi connectivity index (χ1v) is 7.33. The summed E-state index contributed by atoms with van der Waals surface area (Å²) in [5.41, 5.74) is 1.55. The van der Waals surface area contributed by atoms with E-state index in [4.69, 9.17) is 11.6 Å². The highest BCUT2D eigenvalue weighted by Gasteiger charge is 2.14. The molecule has 6 nitrogen and oxygen atoms in total. The number of halogens is 1. The molecular formula is C16H16ClN3O3. The van der Waals surface area contributed by atoms with Crippen molar-refractivity contribution >= 4 is 29.2 Å². The maximum atomic E-state index is 12.2. The van der Waals surface area contributed by atoms with Gasteiger partial charge in [-0.15, -0.1) is 5.10 Å². The molecule has 0 bridgehead atoms. The Morgan fingerprint density at radius 1 is 1.17 bits per heavy atom. The summed E-state index contributed by atoms with van der Waals surface area (Å²) in [6.45, 7) is 3.98. The van der Waals surface area contributed by atoms with Crippen LogP contribution in [0.3, 0.4) is 0 Å². The van der Waals surface area contributed by atoms with E-state index < -0.39 is 11.9 Å². The van der Waals surface area contributed by atoms with Gasteiger partial charge in [0.25, 0.3) is 5.91 Å². The predicted octanol–water partition coefficient (Wildman–Crippen LogP) is 3.29. The average molecular weight is 334 g/mol. The first-order valence-electron chi connectivity index (χ1n) is 6.95. The number of amides is 1. The molecule has 0 spiro atoms. The second-order valence-electron chi connectivity index (χ2n) is 5.14. The molecule has 0 radical (unpaired) electrons. The van der Waals surface area contributed by atoms with Gasteiger partial charge < -0.3 is 10.1 Å². The molecule has 0 aliphatic rings. The van der Waals surface area contributed by atoms with E-state index in [0.717, 1.165) is 5.69 Å². The van der Waals surface area contributed by atoms with Crippen molar-refractivity contribution in [2.24, 2.45) is 0 Å². The van der Waals surface area contributed by atoms with E-state index in [1.54, 1.807) is 12.1 Å². The van der Waals surface area contributed by atoms with Crippen LogP contribution in [0.25, 0.3) is 0 Å². The fourth-order valence-electron chi connectivity index (χ4n) is 1.82. The highest BCUT2D eigenvalue weighted by Crippen LogP contribution is 2.24. The minimum atomic E-state index is -0.516. The normalized spacial score (nSPS) is 10.5. The number of rotatable bonds is 4. The monoisotopic (exact) mass is 333 g/mol. The molecule has 1 aromatic carbocycles. The van der Waals surface area contributed by atoms with Gasteiger partial charge in [-0.1, -0.05) is 25.4 Å². The quantitative estimate of drug-likeness (QED) is 0.868. The van der Waals surface area contributed by atoms with E-state index in [1.807, 2.05) is 13.8 Å². The van der Waals surface area contributed by atoms with Crippen molar-refractivity contribution in [2.45, 2.75) is 19.8 Å². The van der Waals surface area contributed by atoms with Crippen molar-refractivity contribution < 1.29 is 14.3 Å². The standard InChI is InChI=1S/C16H16ClN3O3/c1-9(2)12-6-7-13(20-19-12)15(21)18-14-8-10(16(22)23-3)4-5-11(14)17/h4-9H,1-3H3,(H,18,21). The Labute approximate surface area is 138 Å². The topological polar surface area (TPSA) is 81.2 Å². The summed E-state index contributed by atoms with van der Waals surface area (Å²) in [5.74, 6) is -0.749. The average Bonchev–Trinajstić information content (AvgIpc) is 2.56. The summed E-state index contributed by atoms with van der Waals surface area (Å²) in [6, 6.07) is 7.81. The highest BCUT2D eigenvalue weighted by atomic mass is 35.5. The molecule has 0 aliphatic heterocycles. The van der Waals surface area contributed by atoms with Gasteiger partial charge in [-0.3, -0.25) is 4.79 Å². The van der Waals surface area contributed by atoms with E-state index >= 15 is 0 Å². The van der Waals surface area contributed by atoms with Gasteiger partial charge in [0.2, 0.25) is 0 Å². The summed E-state index contributed by atoms with van der Waals surface area (Å²) in [5, 5.41) is 10.8. The molecule has 0 unspecified atom stereocenters. The Kier molecular flexibility index (Phi) is 5.28. The Morgan fingerprint density at radius 2 is 1.91 bits per heavy atom. The Hall–Kier alpha value is -2.47. The second kappa shape index (κ2) is 7.19. The zero-order valence-electron chi connectivity index (χ0n) is 13.0. The number of methoxy groups -OCH3 is 1. The SMILES string of the molecule is COC(=O)c1ccc(Cl)c(NC(=O)c2ccc(C(C)C)nn2)c1. The highest BCUT2D eigenvalue weighted by molar-refractivity contribution is 6.34. The van der Waals surface area contributed by atoms with Crippen LogP contribution in [0, 0.1) is 0 Å².